The molecule has 0 radical (unpaired) electrons. The van der Waals surface area contributed by atoms with Crippen LogP contribution in [0.5, 0.6) is 0 Å². The first-order valence-corrected chi connectivity index (χ1v) is 12.6. The van der Waals surface area contributed by atoms with Crippen LogP contribution in [0.3, 0.4) is 0 Å². The Morgan fingerprint density at radius 1 is 1.03 bits per heavy atom. The summed E-state index contributed by atoms with van der Waals surface area (Å²) in [6.45, 7) is 6.62. The Balaban J connectivity index is 1.35. The van der Waals surface area contributed by atoms with Crippen molar-refractivity contribution in [2.45, 2.75) is 38.4 Å². The van der Waals surface area contributed by atoms with E-state index in [2.05, 4.69) is 48.9 Å². The quantitative estimate of drug-likeness (QED) is 0.239. The molecule has 0 fully saturated rings. The number of amides is 1. The molecular formula is C28H29N3O3S. The number of nitrogens with zero attached hydrogens (tertiary/aromatic N) is 2. The lowest BCUT2D eigenvalue weighted by Gasteiger charge is -2.10. The lowest BCUT2D eigenvalue weighted by molar-refractivity contribution is -0.144. The Morgan fingerprint density at radius 3 is 2.54 bits per heavy atom. The van der Waals surface area contributed by atoms with Crippen molar-refractivity contribution in [2.75, 3.05) is 17.7 Å². The molecule has 1 aromatic heterocycles. The first-order chi connectivity index (χ1) is 16.9. The monoisotopic (exact) mass is 487 g/mol. The van der Waals surface area contributed by atoms with Crippen LogP contribution in [0.25, 0.3) is 11.0 Å². The minimum absolute atomic E-state index is 0.0630. The molecule has 180 valence electrons. The molecule has 3 aromatic carbocycles. The maximum absolute atomic E-state index is 12.4. The molecule has 0 bridgehead atoms. The number of nitrogens with one attached hydrogen (secondary N) is 1. The molecule has 7 heteroatoms. The molecule has 0 saturated carbocycles. The number of carbonyl (C=O) groups is 2. The molecule has 1 N–H and O–H groups in total. The van der Waals surface area contributed by atoms with Crippen LogP contribution in [-0.2, 0) is 20.9 Å². The Labute approximate surface area is 209 Å². The summed E-state index contributed by atoms with van der Waals surface area (Å²) in [7, 11) is 0. The van der Waals surface area contributed by atoms with Crippen LogP contribution < -0.4 is 5.32 Å². The molecule has 0 atom stereocenters. The van der Waals surface area contributed by atoms with E-state index in [1.807, 2.05) is 54.6 Å². The number of para-hydroxylation sites is 2. The number of ether oxygens (including phenoxy) is 1. The minimum Gasteiger partial charge on any atom is -0.455 e. The SMILES string of the molecule is Cc1cccc(Cn2c(SCC(=O)OCC(=O)Nc3ccc(C(C)C)cc3)nc3ccccc32)c1. The van der Waals surface area contributed by atoms with Gasteiger partial charge in [-0.15, -0.1) is 0 Å². The van der Waals surface area contributed by atoms with Crippen LogP contribution in [0.2, 0.25) is 0 Å². The molecule has 0 spiro atoms. The lowest BCUT2D eigenvalue weighted by Crippen LogP contribution is -2.21. The molecule has 0 unspecified atom stereocenters. The summed E-state index contributed by atoms with van der Waals surface area (Å²) in [6.07, 6.45) is 0. The highest BCUT2D eigenvalue weighted by Crippen LogP contribution is 2.25. The third-order valence-electron chi connectivity index (χ3n) is 5.59. The van der Waals surface area contributed by atoms with Crippen LogP contribution in [0, 0.1) is 6.92 Å². The minimum atomic E-state index is -0.463. The second-order valence-corrected chi connectivity index (χ2v) is 9.68. The van der Waals surface area contributed by atoms with Crippen molar-refractivity contribution < 1.29 is 14.3 Å². The molecule has 6 nitrogen and oxygen atoms in total. The van der Waals surface area contributed by atoms with Gasteiger partial charge in [0, 0.05) is 5.69 Å². The third-order valence-corrected chi connectivity index (χ3v) is 6.54. The number of aromatic nitrogens is 2. The summed E-state index contributed by atoms with van der Waals surface area (Å²) in [4.78, 5) is 29.3. The molecule has 0 aliphatic carbocycles. The van der Waals surface area contributed by atoms with Crippen molar-refractivity contribution in [1.29, 1.82) is 0 Å². The predicted molar refractivity (Wildman–Crippen MR) is 141 cm³/mol. The second-order valence-electron chi connectivity index (χ2n) is 8.73. The highest BCUT2D eigenvalue weighted by molar-refractivity contribution is 7.99. The number of anilines is 1. The predicted octanol–water partition coefficient (Wildman–Crippen LogP) is 5.79. The highest BCUT2D eigenvalue weighted by atomic mass is 32.2. The number of thioether (sulfide) groups is 1. The van der Waals surface area contributed by atoms with Crippen molar-refractivity contribution >= 4 is 40.4 Å². The van der Waals surface area contributed by atoms with Crippen LogP contribution in [0.1, 0.15) is 36.5 Å². The Kier molecular flexibility index (Phi) is 7.87. The number of esters is 1. The van der Waals surface area contributed by atoms with Gasteiger partial charge in [-0.2, -0.15) is 0 Å². The number of imidazole rings is 1. The van der Waals surface area contributed by atoms with Crippen molar-refractivity contribution in [3.63, 3.8) is 0 Å². The van der Waals surface area contributed by atoms with Gasteiger partial charge in [0.25, 0.3) is 5.91 Å². The zero-order chi connectivity index (χ0) is 24.8. The van der Waals surface area contributed by atoms with Crippen LogP contribution in [0.15, 0.2) is 78.0 Å². The van der Waals surface area contributed by atoms with Crippen molar-refractivity contribution in [3.8, 4) is 0 Å². The van der Waals surface area contributed by atoms with Gasteiger partial charge in [-0.1, -0.05) is 79.7 Å². The molecular weight excluding hydrogens is 458 g/mol. The van der Waals surface area contributed by atoms with Gasteiger partial charge in [0.15, 0.2) is 11.8 Å². The summed E-state index contributed by atoms with van der Waals surface area (Å²) < 4.78 is 7.31. The maximum Gasteiger partial charge on any atom is 0.316 e. The Bertz CT molecular complexity index is 1330. The standard InChI is InChI=1S/C28H29N3O3S/c1-19(2)22-11-13-23(14-12-22)29-26(32)17-34-27(33)18-35-28-30-24-9-4-5-10-25(24)31(28)16-21-8-6-7-20(3)15-21/h4-15,19H,16-18H2,1-3H3,(H,29,32). The number of aryl methyl sites for hydroxylation is 1. The van der Waals surface area contributed by atoms with Gasteiger partial charge >= 0.3 is 5.97 Å². The fraction of sp³-hybridized carbons (Fsp3) is 0.250. The van der Waals surface area contributed by atoms with Gasteiger partial charge in [0.2, 0.25) is 0 Å². The van der Waals surface area contributed by atoms with E-state index >= 15 is 0 Å². The molecule has 0 aliphatic heterocycles. The fourth-order valence-electron chi connectivity index (χ4n) is 3.77. The van der Waals surface area contributed by atoms with Gasteiger partial charge in [-0.3, -0.25) is 9.59 Å². The molecule has 0 aliphatic rings. The number of fused-ring (bicyclic) bond motifs is 1. The van der Waals surface area contributed by atoms with Crippen molar-refractivity contribution in [1.82, 2.24) is 9.55 Å². The number of rotatable bonds is 9. The Morgan fingerprint density at radius 2 is 1.80 bits per heavy atom. The number of carbonyl (C=O) groups excluding carboxylic acids is 2. The highest BCUT2D eigenvalue weighted by Gasteiger charge is 2.15. The number of hydrogen-bond acceptors (Lipinski definition) is 5. The van der Waals surface area contributed by atoms with Gasteiger partial charge in [0.1, 0.15) is 0 Å². The van der Waals surface area contributed by atoms with Gasteiger partial charge in [-0.25, -0.2) is 4.98 Å². The maximum atomic E-state index is 12.4. The number of benzene rings is 3. The lowest BCUT2D eigenvalue weighted by atomic mass is 10.0. The van der Waals surface area contributed by atoms with E-state index < -0.39 is 5.97 Å². The van der Waals surface area contributed by atoms with Crippen molar-refractivity contribution in [2.24, 2.45) is 0 Å². The van der Waals surface area contributed by atoms with E-state index in [0.29, 0.717) is 18.2 Å². The normalized spacial score (nSPS) is 11.1. The van der Waals surface area contributed by atoms with Gasteiger partial charge in [0.05, 0.1) is 23.3 Å². The smallest absolute Gasteiger partial charge is 0.316 e. The van der Waals surface area contributed by atoms with Crippen LogP contribution in [0.4, 0.5) is 5.69 Å². The summed E-state index contributed by atoms with van der Waals surface area (Å²) in [6, 6.07) is 23.9. The zero-order valence-electron chi connectivity index (χ0n) is 20.2. The second kappa shape index (κ2) is 11.2. The Hall–Kier alpha value is -3.58. The molecule has 35 heavy (non-hydrogen) atoms. The van der Waals surface area contributed by atoms with Crippen molar-refractivity contribution in [3.05, 3.63) is 89.5 Å². The molecule has 1 heterocycles. The van der Waals surface area contributed by atoms with E-state index in [1.54, 1.807) is 0 Å². The topological polar surface area (TPSA) is 73.2 Å². The molecule has 0 saturated heterocycles. The molecule has 4 aromatic rings. The zero-order valence-corrected chi connectivity index (χ0v) is 21.0. The fourth-order valence-corrected chi connectivity index (χ4v) is 4.58. The molecule has 4 rings (SSSR count). The first-order valence-electron chi connectivity index (χ1n) is 11.6. The van der Waals surface area contributed by atoms with Gasteiger partial charge < -0.3 is 14.6 Å². The first kappa shape index (κ1) is 24.5. The molecule has 1 amide bonds. The summed E-state index contributed by atoms with van der Waals surface area (Å²) >= 11 is 1.31. The largest absolute Gasteiger partial charge is 0.455 e. The number of hydrogen-bond donors (Lipinski definition) is 1. The van der Waals surface area contributed by atoms with Crippen LogP contribution >= 0.6 is 11.8 Å². The van der Waals surface area contributed by atoms with E-state index in [9.17, 15) is 9.59 Å². The van der Waals surface area contributed by atoms with Gasteiger partial charge in [-0.05, 0) is 48.2 Å². The van der Waals surface area contributed by atoms with Crippen LogP contribution in [-0.4, -0.2) is 33.8 Å². The van der Waals surface area contributed by atoms with E-state index in [-0.39, 0.29) is 18.3 Å². The summed E-state index contributed by atoms with van der Waals surface area (Å²) in [5.74, 6) is -0.349. The third kappa shape index (κ3) is 6.51. The van der Waals surface area contributed by atoms with E-state index in [0.717, 1.165) is 21.8 Å². The average molecular weight is 488 g/mol. The van der Waals surface area contributed by atoms with E-state index in [4.69, 9.17) is 9.72 Å². The summed E-state index contributed by atoms with van der Waals surface area (Å²) in [5.41, 5.74) is 6.11. The summed E-state index contributed by atoms with van der Waals surface area (Å²) in [5, 5.41) is 3.49. The average Bonchev–Trinajstić information content (AvgIpc) is 3.19. The van der Waals surface area contributed by atoms with E-state index in [1.165, 1.54) is 22.9 Å².